The number of benzene rings is 2. The van der Waals surface area contributed by atoms with Gasteiger partial charge in [-0.2, -0.15) is 0 Å². The van der Waals surface area contributed by atoms with Crippen molar-refractivity contribution in [1.29, 1.82) is 0 Å². The lowest BCUT2D eigenvalue weighted by Gasteiger charge is -2.31. The van der Waals surface area contributed by atoms with Crippen LogP contribution in [0.15, 0.2) is 65.1 Å². The Morgan fingerprint density at radius 2 is 2.03 bits per heavy atom. The predicted molar refractivity (Wildman–Crippen MR) is 118 cm³/mol. The molecule has 1 atom stereocenters. The standard InChI is InChI=1S/C21H17ClN6OS/c1-29-17-8-3-2-7-16(17)28-9-13-14(22)5-4-6-15(13)27-18(28)10-30-21-19-20(24-11-23-19)25-12-26-21/h2-9,11-12,18H,10H2,1H3,(H,23,24,25,26). The number of rotatable bonds is 5. The van der Waals surface area contributed by atoms with E-state index >= 15 is 0 Å². The lowest BCUT2D eigenvalue weighted by atomic mass is 10.2. The molecule has 0 fully saturated rings. The van der Waals surface area contributed by atoms with E-state index in [9.17, 15) is 0 Å². The number of halogens is 1. The van der Waals surface area contributed by atoms with E-state index in [1.807, 2.05) is 48.7 Å². The molecule has 5 rings (SSSR count). The molecule has 7 nitrogen and oxygen atoms in total. The van der Waals surface area contributed by atoms with Gasteiger partial charge in [-0.15, -0.1) is 0 Å². The second-order valence-corrected chi connectivity index (χ2v) is 8.00. The van der Waals surface area contributed by atoms with Crippen LogP contribution in [0.4, 0.5) is 5.69 Å². The van der Waals surface area contributed by atoms with Crippen LogP contribution in [0.25, 0.3) is 17.4 Å². The Labute approximate surface area is 181 Å². The first-order valence-electron chi connectivity index (χ1n) is 9.27. The van der Waals surface area contributed by atoms with Gasteiger partial charge in [0.1, 0.15) is 28.8 Å². The molecule has 0 saturated carbocycles. The van der Waals surface area contributed by atoms with E-state index in [0.29, 0.717) is 16.4 Å². The summed E-state index contributed by atoms with van der Waals surface area (Å²) in [6.45, 7) is 0. The molecular weight excluding hydrogens is 420 g/mol. The van der Waals surface area contributed by atoms with E-state index in [1.54, 1.807) is 25.2 Å². The van der Waals surface area contributed by atoms with Gasteiger partial charge in [0.25, 0.3) is 0 Å². The summed E-state index contributed by atoms with van der Waals surface area (Å²) in [7, 11) is 1.67. The summed E-state index contributed by atoms with van der Waals surface area (Å²) in [5.41, 5.74) is 2.40. The van der Waals surface area contributed by atoms with Crippen LogP contribution in [0, 0.1) is 0 Å². The molecule has 2 aromatic heterocycles. The molecule has 4 aromatic rings. The van der Waals surface area contributed by atoms with Crippen molar-refractivity contribution in [2.75, 3.05) is 17.8 Å². The fraction of sp³-hybridized carbons (Fsp3) is 0.143. The van der Waals surface area contributed by atoms with Crippen LogP contribution in [0.2, 0.25) is 5.02 Å². The van der Waals surface area contributed by atoms with Crippen molar-refractivity contribution < 1.29 is 4.74 Å². The summed E-state index contributed by atoms with van der Waals surface area (Å²) < 4.78 is 5.60. The molecule has 0 aliphatic carbocycles. The van der Waals surface area contributed by atoms with Crippen LogP contribution in [0.1, 0.15) is 0 Å². The van der Waals surface area contributed by atoms with E-state index in [4.69, 9.17) is 21.3 Å². The number of anilines is 1. The van der Waals surface area contributed by atoms with E-state index in [-0.39, 0.29) is 6.17 Å². The van der Waals surface area contributed by atoms with Crippen LogP contribution in [0.3, 0.4) is 0 Å². The topological polar surface area (TPSA) is 79.3 Å². The summed E-state index contributed by atoms with van der Waals surface area (Å²) >= 11 is 8.06. The number of imidazole rings is 1. The molecule has 0 bridgehead atoms. The Hall–Kier alpha value is -3.10. The average Bonchev–Trinajstić information content (AvgIpc) is 3.27. The van der Waals surface area contributed by atoms with E-state index < -0.39 is 0 Å². The summed E-state index contributed by atoms with van der Waals surface area (Å²) in [5.74, 6) is 1.43. The molecule has 30 heavy (non-hydrogen) atoms. The van der Waals surface area contributed by atoms with Gasteiger partial charge in [-0.25, -0.2) is 15.0 Å². The molecule has 0 radical (unpaired) electrons. The highest BCUT2D eigenvalue weighted by Crippen LogP contribution is 2.32. The number of para-hydroxylation sites is 2. The molecule has 0 saturated heterocycles. The third-order valence-corrected chi connectivity index (χ3v) is 6.21. The number of fused-ring (bicyclic) bond motifs is 2. The predicted octanol–water partition coefficient (Wildman–Crippen LogP) is 3.01. The number of hydrogen-bond donors (Lipinski definition) is 1. The van der Waals surface area contributed by atoms with Gasteiger partial charge in [-0.3, -0.25) is 4.99 Å². The molecule has 1 N–H and O–H groups in total. The van der Waals surface area contributed by atoms with Gasteiger partial charge in [0, 0.05) is 17.2 Å². The smallest absolute Gasteiger partial charge is 0.181 e. The Kier molecular flexibility index (Phi) is 5.02. The highest BCUT2D eigenvalue weighted by Gasteiger charge is 2.23. The van der Waals surface area contributed by atoms with Crippen molar-refractivity contribution in [3.8, 4) is 5.75 Å². The summed E-state index contributed by atoms with van der Waals surface area (Å²) in [5, 5.41) is 3.26. The molecule has 0 spiro atoms. The molecule has 1 aliphatic heterocycles. The minimum atomic E-state index is -0.176. The number of hydrogen-bond acceptors (Lipinski definition) is 7. The number of nitrogens with zero attached hydrogens (tertiary/aromatic N) is 5. The first kappa shape index (κ1) is 18.9. The largest absolute Gasteiger partial charge is 0.495 e. The van der Waals surface area contributed by atoms with Crippen LogP contribution < -0.4 is 20.2 Å². The van der Waals surface area contributed by atoms with Crippen molar-refractivity contribution in [3.05, 3.63) is 70.7 Å². The first-order chi connectivity index (χ1) is 14.7. The number of aromatic amines is 1. The molecule has 150 valence electrons. The van der Waals surface area contributed by atoms with Crippen molar-refractivity contribution in [3.63, 3.8) is 0 Å². The molecular formula is C21H17ClN6OS. The highest BCUT2D eigenvalue weighted by molar-refractivity contribution is 7.99. The van der Waals surface area contributed by atoms with Gasteiger partial charge >= 0.3 is 0 Å². The monoisotopic (exact) mass is 436 g/mol. The highest BCUT2D eigenvalue weighted by atomic mass is 35.5. The maximum absolute atomic E-state index is 6.46. The van der Waals surface area contributed by atoms with Gasteiger partial charge < -0.3 is 14.6 Å². The molecule has 1 aliphatic rings. The van der Waals surface area contributed by atoms with Gasteiger partial charge in [0.15, 0.2) is 5.65 Å². The Balaban J connectivity index is 1.56. The minimum absolute atomic E-state index is 0.176. The zero-order valence-electron chi connectivity index (χ0n) is 16.0. The molecule has 1 unspecified atom stereocenters. The lowest BCUT2D eigenvalue weighted by molar-refractivity contribution is 0.414. The summed E-state index contributed by atoms with van der Waals surface area (Å²) in [4.78, 5) is 23.0. The summed E-state index contributed by atoms with van der Waals surface area (Å²) in [6, 6.07) is 13.7. The Bertz CT molecular complexity index is 1340. The average molecular weight is 437 g/mol. The Morgan fingerprint density at radius 3 is 2.93 bits per heavy atom. The maximum Gasteiger partial charge on any atom is 0.181 e. The number of H-pyrrole nitrogens is 1. The van der Waals surface area contributed by atoms with E-state index in [2.05, 4.69) is 24.8 Å². The van der Waals surface area contributed by atoms with Gasteiger partial charge in [-0.05, 0) is 24.3 Å². The van der Waals surface area contributed by atoms with Gasteiger partial charge in [0.2, 0.25) is 0 Å². The van der Waals surface area contributed by atoms with Crippen molar-refractivity contribution >= 4 is 46.4 Å². The number of nitrogens with one attached hydrogen (secondary N) is 1. The molecule has 2 aromatic carbocycles. The Morgan fingerprint density at radius 1 is 1.13 bits per heavy atom. The van der Waals surface area contributed by atoms with E-state index in [1.165, 1.54) is 6.33 Å². The first-order valence-corrected chi connectivity index (χ1v) is 10.6. The van der Waals surface area contributed by atoms with Crippen molar-refractivity contribution in [2.24, 2.45) is 4.99 Å². The summed E-state index contributed by atoms with van der Waals surface area (Å²) in [6.07, 6.45) is 5.02. The fourth-order valence-electron chi connectivity index (χ4n) is 3.41. The number of aromatic nitrogens is 4. The SMILES string of the molecule is COc1ccccc1N1C=c2c(Cl)cccc2=NC1CSc1ncnc2nc[nH]c12. The van der Waals surface area contributed by atoms with Crippen molar-refractivity contribution in [1.82, 2.24) is 19.9 Å². The normalized spacial score (nSPS) is 15.4. The van der Waals surface area contributed by atoms with E-state index in [0.717, 1.165) is 32.6 Å². The lowest BCUT2D eigenvalue weighted by Crippen LogP contribution is -2.43. The third-order valence-electron chi connectivity index (χ3n) is 4.83. The second kappa shape index (κ2) is 7.97. The third kappa shape index (κ3) is 3.38. The van der Waals surface area contributed by atoms with Crippen LogP contribution in [0.5, 0.6) is 5.75 Å². The molecule has 0 amide bonds. The van der Waals surface area contributed by atoms with Crippen molar-refractivity contribution in [2.45, 2.75) is 11.2 Å². The maximum atomic E-state index is 6.46. The molecule has 3 heterocycles. The minimum Gasteiger partial charge on any atom is -0.495 e. The van der Waals surface area contributed by atoms with Crippen LogP contribution in [-0.4, -0.2) is 39.0 Å². The molecule has 9 heteroatoms. The zero-order chi connectivity index (χ0) is 20.5. The zero-order valence-corrected chi connectivity index (χ0v) is 17.6. The number of methoxy groups -OCH3 is 1. The number of thioether (sulfide) groups is 1. The number of ether oxygens (including phenoxy) is 1. The second-order valence-electron chi connectivity index (χ2n) is 6.58. The van der Waals surface area contributed by atoms with Gasteiger partial charge in [0.05, 0.1) is 29.5 Å². The fourth-order valence-corrected chi connectivity index (χ4v) is 4.59. The quantitative estimate of drug-likeness (QED) is 0.382. The van der Waals surface area contributed by atoms with Crippen LogP contribution in [-0.2, 0) is 0 Å². The van der Waals surface area contributed by atoms with Gasteiger partial charge in [-0.1, -0.05) is 41.6 Å². The van der Waals surface area contributed by atoms with Crippen LogP contribution >= 0.6 is 23.4 Å².